The van der Waals surface area contributed by atoms with Gasteiger partial charge in [0, 0.05) is 17.4 Å². The van der Waals surface area contributed by atoms with Crippen LogP contribution >= 0.6 is 0 Å². The molecular formula is C4H12Si2. The molecule has 0 N–H and O–H groups in total. The topological polar surface area (TPSA) is 0 Å². The molecule has 0 aromatic carbocycles. The zero-order chi connectivity index (χ0) is 4.57. The zero-order valence-electron chi connectivity index (χ0n) is 4.57. The zero-order valence-corrected chi connectivity index (χ0v) is 7.14. The molecule has 2 atom stereocenters. The highest BCUT2D eigenvalue weighted by Gasteiger charge is 2.22. The van der Waals surface area contributed by atoms with Gasteiger partial charge >= 0.3 is 0 Å². The highest BCUT2D eigenvalue weighted by molar-refractivity contribution is 7.17. The first-order chi connectivity index (χ1) is 2.80. The van der Waals surface area contributed by atoms with E-state index >= 15 is 0 Å². The Morgan fingerprint density at radius 3 is 2.33 bits per heavy atom. The smallest absolute Gasteiger partial charge is 0.0235 e. The normalized spacial score (nSPS) is 49.0. The van der Waals surface area contributed by atoms with Crippen molar-refractivity contribution in [2.24, 2.45) is 0 Å². The molecule has 0 bridgehead atoms. The van der Waals surface area contributed by atoms with E-state index in [1.807, 2.05) is 0 Å². The van der Waals surface area contributed by atoms with Crippen LogP contribution < -0.4 is 0 Å². The molecule has 0 amide bonds. The summed E-state index contributed by atoms with van der Waals surface area (Å²) in [5.74, 6) is 0. The standard InChI is InChI=1S/C4H12Si2/c1-4-3-5-6(4)2/h4,6H,3,5H2,1-2H3. The van der Waals surface area contributed by atoms with Crippen molar-refractivity contribution in [3.8, 4) is 0 Å². The summed E-state index contributed by atoms with van der Waals surface area (Å²) in [4.78, 5) is 0. The van der Waals surface area contributed by atoms with Crippen molar-refractivity contribution in [1.82, 2.24) is 0 Å². The average Bonchev–Trinajstić information content (AvgIpc) is 1.61. The largest absolute Gasteiger partial charge is 0.0742 e. The van der Waals surface area contributed by atoms with Crippen LogP contribution in [0.2, 0.25) is 18.1 Å². The molecule has 1 saturated heterocycles. The van der Waals surface area contributed by atoms with Crippen molar-refractivity contribution in [2.75, 3.05) is 0 Å². The molecule has 0 aromatic heterocycles. The maximum atomic E-state index is 2.53. The lowest BCUT2D eigenvalue weighted by Crippen LogP contribution is -2.34. The molecule has 6 heavy (non-hydrogen) atoms. The van der Waals surface area contributed by atoms with E-state index in [0.717, 1.165) is 0 Å². The number of hydrogen-bond acceptors (Lipinski definition) is 0. The molecule has 0 nitrogen and oxygen atoms in total. The monoisotopic (exact) mass is 116 g/mol. The highest BCUT2D eigenvalue weighted by Crippen LogP contribution is 2.23. The van der Waals surface area contributed by atoms with Crippen LogP contribution in [0.5, 0.6) is 0 Å². The van der Waals surface area contributed by atoms with E-state index in [4.69, 9.17) is 0 Å². The molecule has 1 rings (SSSR count). The summed E-state index contributed by atoms with van der Waals surface area (Å²) in [5, 5.41) is 0. The molecule has 2 heteroatoms. The van der Waals surface area contributed by atoms with Gasteiger partial charge in [-0.05, 0) is 0 Å². The second-order valence-electron chi connectivity index (χ2n) is 2.53. The van der Waals surface area contributed by atoms with Crippen LogP contribution in [0.3, 0.4) is 0 Å². The Kier molecular flexibility index (Phi) is 1.15. The Hall–Kier alpha value is 0.434. The molecule has 1 aliphatic heterocycles. The van der Waals surface area contributed by atoms with Gasteiger partial charge in [-0.1, -0.05) is 25.1 Å². The second kappa shape index (κ2) is 1.50. The molecule has 0 saturated carbocycles. The number of rotatable bonds is 0. The van der Waals surface area contributed by atoms with Gasteiger partial charge in [0.05, 0.1) is 0 Å². The summed E-state index contributed by atoms with van der Waals surface area (Å²) in [6.45, 7) is 4.95. The third-order valence-electron chi connectivity index (χ3n) is 2.05. The maximum absolute atomic E-state index is 2.53. The van der Waals surface area contributed by atoms with Gasteiger partial charge in [0.25, 0.3) is 0 Å². The van der Waals surface area contributed by atoms with Crippen molar-refractivity contribution in [1.29, 1.82) is 0 Å². The van der Waals surface area contributed by atoms with Crippen LogP contribution in [0.25, 0.3) is 0 Å². The average molecular weight is 116 g/mol. The minimum atomic E-state index is 0.0756. The third kappa shape index (κ3) is 0.587. The Morgan fingerprint density at radius 2 is 2.33 bits per heavy atom. The van der Waals surface area contributed by atoms with Crippen molar-refractivity contribution < 1.29 is 0 Å². The predicted octanol–water partition coefficient (Wildman–Crippen LogP) is 0.331. The molecule has 1 aliphatic rings. The van der Waals surface area contributed by atoms with Crippen molar-refractivity contribution in [3.05, 3.63) is 0 Å². The van der Waals surface area contributed by atoms with E-state index in [1.54, 1.807) is 6.04 Å². The molecule has 1 heterocycles. The van der Waals surface area contributed by atoms with Gasteiger partial charge in [0.15, 0.2) is 0 Å². The minimum absolute atomic E-state index is 0.0756. The Balaban J connectivity index is 2.20. The molecule has 36 valence electrons. The van der Waals surface area contributed by atoms with Gasteiger partial charge in [0.2, 0.25) is 0 Å². The first kappa shape index (κ1) is 4.59. The van der Waals surface area contributed by atoms with Crippen LogP contribution in [0.15, 0.2) is 0 Å². The van der Waals surface area contributed by atoms with Gasteiger partial charge in [-0.2, -0.15) is 0 Å². The van der Waals surface area contributed by atoms with Gasteiger partial charge in [-0.3, -0.25) is 0 Å². The molecule has 0 radical (unpaired) electrons. The molecule has 0 spiro atoms. The summed E-state index contributed by atoms with van der Waals surface area (Å²) in [6.07, 6.45) is 0. The van der Waals surface area contributed by atoms with Gasteiger partial charge in [0.1, 0.15) is 0 Å². The molecule has 0 aromatic rings. The van der Waals surface area contributed by atoms with E-state index in [1.165, 1.54) is 5.54 Å². The van der Waals surface area contributed by atoms with Crippen LogP contribution in [-0.2, 0) is 0 Å². The lowest BCUT2D eigenvalue weighted by Gasteiger charge is -2.27. The molecule has 0 aliphatic carbocycles. The van der Waals surface area contributed by atoms with E-state index in [0.29, 0.717) is 9.04 Å². The Bertz CT molecular complexity index is 45.5. The Labute approximate surface area is 43.2 Å². The second-order valence-corrected chi connectivity index (χ2v) is 12.4. The Morgan fingerprint density at radius 1 is 1.83 bits per heavy atom. The summed E-state index contributed by atoms with van der Waals surface area (Å²) in [7, 11) is 0.696. The lowest BCUT2D eigenvalue weighted by atomic mass is 10.6. The van der Waals surface area contributed by atoms with Crippen molar-refractivity contribution in [2.45, 2.75) is 25.1 Å². The fourth-order valence-corrected chi connectivity index (χ4v) is 7.50. The lowest BCUT2D eigenvalue weighted by molar-refractivity contribution is 1.01. The van der Waals surface area contributed by atoms with Crippen LogP contribution in [-0.4, -0.2) is 17.4 Å². The summed E-state index contributed by atoms with van der Waals surface area (Å²) in [6, 6.07) is 1.67. The molecular weight excluding hydrogens is 104 g/mol. The summed E-state index contributed by atoms with van der Waals surface area (Å²) < 4.78 is 0. The SMILES string of the molecule is CC1C[SiH2][SiH]1C. The van der Waals surface area contributed by atoms with Crippen molar-refractivity contribution >= 4 is 17.4 Å². The fraction of sp³-hybridized carbons (Fsp3) is 1.00. The summed E-state index contributed by atoms with van der Waals surface area (Å²) >= 11 is 0. The maximum Gasteiger partial charge on any atom is 0.0235 e. The van der Waals surface area contributed by atoms with Crippen molar-refractivity contribution in [3.63, 3.8) is 0 Å². The van der Waals surface area contributed by atoms with E-state index in [9.17, 15) is 0 Å². The van der Waals surface area contributed by atoms with E-state index < -0.39 is 0 Å². The third-order valence-corrected chi connectivity index (χ3v) is 13.3. The summed E-state index contributed by atoms with van der Waals surface area (Å²) in [5.41, 5.74) is 1.23. The number of hydrogen-bond donors (Lipinski definition) is 0. The first-order valence-electron chi connectivity index (χ1n) is 2.80. The van der Waals surface area contributed by atoms with Gasteiger partial charge < -0.3 is 0 Å². The van der Waals surface area contributed by atoms with Crippen LogP contribution in [0.1, 0.15) is 6.92 Å². The van der Waals surface area contributed by atoms with E-state index in [2.05, 4.69) is 13.5 Å². The first-order valence-corrected chi connectivity index (χ1v) is 8.89. The van der Waals surface area contributed by atoms with Crippen LogP contribution in [0.4, 0.5) is 0 Å². The fourth-order valence-electron chi connectivity index (χ4n) is 0.833. The highest BCUT2D eigenvalue weighted by atomic mass is 29.2. The minimum Gasteiger partial charge on any atom is -0.0742 e. The van der Waals surface area contributed by atoms with Crippen LogP contribution in [0, 0.1) is 0 Å². The quantitative estimate of drug-likeness (QED) is 0.400. The molecule has 2 unspecified atom stereocenters. The van der Waals surface area contributed by atoms with E-state index in [-0.39, 0.29) is 8.31 Å². The molecule has 1 fully saturated rings. The van der Waals surface area contributed by atoms with Gasteiger partial charge in [-0.15, -0.1) is 0 Å². The predicted molar refractivity (Wildman–Crippen MR) is 35.8 cm³/mol. The van der Waals surface area contributed by atoms with Gasteiger partial charge in [-0.25, -0.2) is 0 Å².